The minimum absolute atomic E-state index is 0.0411. The van der Waals surface area contributed by atoms with Crippen LogP contribution >= 0.6 is 0 Å². The molecule has 0 aliphatic rings. The molecule has 4 unspecified atom stereocenters. The van der Waals surface area contributed by atoms with E-state index in [1.54, 1.807) is 0 Å². The number of rotatable bonds is 26. The zero-order chi connectivity index (χ0) is 50.8. The van der Waals surface area contributed by atoms with Gasteiger partial charge in [-0.25, -0.2) is 0 Å². The van der Waals surface area contributed by atoms with Crippen LogP contribution in [-0.2, 0) is 40.5 Å². The van der Waals surface area contributed by atoms with E-state index in [0.717, 1.165) is 24.3 Å². The highest BCUT2D eigenvalue weighted by atomic mass is 32.2. The van der Waals surface area contributed by atoms with Crippen molar-refractivity contribution in [3.8, 4) is 0 Å². The van der Waals surface area contributed by atoms with Crippen LogP contribution in [0, 0.1) is 0 Å². The lowest BCUT2D eigenvalue weighted by atomic mass is 10.1. The van der Waals surface area contributed by atoms with Crippen molar-refractivity contribution in [3.05, 3.63) is 47.5 Å². The molecule has 0 radical (unpaired) electrons. The van der Waals surface area contributed by atoms with Gasteiger partial charge in [-0.05, 0) is 63.1 Å². The van der Waals surface area contributed by atoms with Gasteiger partial charge in [0.05, 0.1) is 35.9 Å². The van der Waals surface area contributed by atoms with Crippen molar-refractivity contribution < 1.29 is 72.3 Å². The molecule has 0 saturated heterocycles. The number of anilines is 8. The number of benzene rings is 2. The Bertz CT molecular complexity index is 2660. The van der Waals surface area contributed by atoms with E-state index in [-0.39, 0.29) is 97.5 Å². The summed E-state index contributed by atoms with van der Waals surface area (Å²) in [7, 11) is -18.9. The van der Waals surface area contributed by atoms with Crippen LogP contribution in [0.2, 0.25) is 0 Å². The highest BCUT2D eigenvalue weighted by Gasteiger charge is 2.23. The average molecular weight is 1040 g/mol. The van der Waals surface area contributed by atoms with Crippen molar-refractivity contribution in [1.82, 2.24) is 29.9 Å². The lowest BCUT2D eigenvalue weighted by Gasteiger charge is -2.26. The number of aliphatic hydroxyl groups excluding tert-OH is 4. The van der Waals surface area contributed by atoms with Crippen LogP contribution in [0.4, 0.5) is 47.1 Å². The molecule has 32 heteroatoms. The quantitative estimate of drug-likeness (QED) is 0.0290. The van der Waals surface area contributed by atoms with Gasteiger partial charge in [0.15, 0.2) is 0 Å². The van der Waals surface area contributed by atoms with Crippen molar-refractivity contribution in [2.75, 3.05) is 81.8 Å². The summed E-state index contributed by atoms with van der Waals surface area (Å²) in [4.78, 5) is 26.7. The highest BCUT2D eigenvalue weighted by Crippen LogP contribution is 2.29. The summed E-state index contributed by atoms with van der Waals surface area (Å²) < 4.78 is 135. The topological polar surface area (TPSA) is 430 Å². The molecule has 28 nitrogen and oxygen atoms in total. The predicted molar refractivity (Wildman–Crippen MR) is 249 cm³/mol. The molecule has 0 aliphatic carbocycles. The molecule has 0 fully saturated rings. The molecule has 68 heavy (non-hydrogen) atoms. The molecule has 0 spiro atoms. The number of aromatic nitrogens is 6. The van der Waals surface area contributed by atoms with Gasteiger partial charge in [-0.2, -0.15) is 63.6 Å². The Labute approximate surface area is 391 Å². The van der Waals surface area contributed by atoms with Crippen LogP contribution in [0.25, 0.3) is 12.2 Å². The molecule has 4 atom stereocenters. The summed E-state index contributed by atoms with van der Waals surface area (Å²) in [5.74, 6) is -2.70. The van der Waals surface area contributed by atoms with Crippen molar-refractivity contribution in [3.63, 3.8) is 0 Å². The standard InChI is InChI=1S/C36H52N12O16S4/c1-21(49)17-47(18-22(2)50)35-43-31(37-11-13-65(53,54)55)41-33(45-35)39-27-9-7-25(29(15-27)67(59,60)61)5-6-26-8-10-28(16-30(26)68(62,63)64)40-34-42-32(38-12-14-66(56,57)58)44-36(46-34)48(19-23(3)51)20-24(4)52/h5-10,15-16,21-24,49-52H,11-14,17-20H2,1-4H3,(H,53,54,55)(H,56,57,58)(H,59,60,61)(H,62,63,64)(H2,37,39,41,43,45)(H2,38,40,42,44,46)/b6-5+. The third-order valence-electron chi connectivity index (χ3n) is 8.58. The van der Waals surface area contributed by atoms with Crippen molar-refractivity contribution >= 4 is 99.7 Å². The lowest BCUT2D eigenvalue weighted by molar-refractivity contribution is 0.176. The summed E-state index contributed by atoms with van der Waals surface area (Å²) in [5, 5.41) is 51.1. The van der Waals surface area contributed by atoms with Crippen molar-refractivity contribution in [2.45, 2.75) is 61.9 Å². The van der Waals surface area contributed by atoms with Gasteiger partial charge in [-0.15, -0.1) is 0 Å². The Morgan fingerprint density at radius 3 is 1.09 bits per heavy atom. The van der Waals surface area contributed by atoms with Gasteiger partial charge in [-0.3, -0.25) is 18.2 Å². The summed E-state index contributed by atoms with van der Waals surface area (Å²) in [5.41, 5.74) is -0.450. The molecule has 4 aromatic rings. The minimum atomic E-state index is -5.03. The first kappa shape index (κ1) is 55.1. The van der Waals surface area contributed by atoms with Gasteiger partial charge >= 0.3 is 0 Å². The van der Waals surface area contributed by atoms with E-state index in [4.69, 9.17) is 9.11 Å². The van der Waals surface area contributed by atoms with Crippen molar-refractivity contribution in [1.29, 1.82) is 0 Å². The molecule has 0 saturated carbocycles. The number of nitrogens with one attached hydrogen (secondary N) is 4. The van der Waals surface area contributed by atoms with Crippen LogP contribution in [0.1, 0.15) is 38.8 Å². The Kier molecular flexibility index (Phi) is 18.8. The molecule has 376 valence electrons. The van der Waals surface area contributed by atoms with Gasteiger partial charge in [0.1, 0.15) is 9.79 Å². The van der Waals surface area contributed by atoms with E-state index in [2.05, 4.69) is 51.2 Å². The zero-order valence-corrected chi connectivity index (χ0v) is 39.9. The third kappa shape index (κ3) is 18.5. The zero-order valence-electron chi connectivity index (χ0n) is 36.6. The molecule has 0 aliphatic heterocycles. The number of hydrogen-bond acceptors (Lipinski definition) is 24. The van der Waals surface area contributed by atoms with E-state index in [1.165, 1.54) is 61.8 Å². The molecule has 2 heterocycles. The molecule has 2 aromatic carbocycles. The van der Waals surface area contributed by atoms with Gasteiger partial charge in [-0.1, -0.05) is 24.3 Å². The molecule has 4 rings (SSSR count). The van der Waals surface area contributed by atoms with Crippen LogP contribution in [-0.4, -0.2) is 177 Å². The van der Waals surface area contributed by atoms with Gasteiger partial charge in [0, 0.05) is 50.6 Å². The third-order valence-corrected chi connectivity index (χ3v) is 11.8. The molecular weight excluding hydrogens is 985 g/mol. The predicted octanol–water partition coefficient (Wildman–Crippen LogP) is -0.0570. The monoisotopic (exact) mass is 1040 g/mol. The number of aliphatic hydroxyl groups is 4. The molecule has 0 amide bonds. The summed E-state index contributed by atoms with van der Waals surface area (Å²) in [6.45, 7) is 4.82. The average Bonchev–Trinajstić information content (AvgIpc) is 3.17. The fourth-order valence-corrected chi connectivity index (χ4v) is 8.14. The summed E-state index contributed by atoms with van der Waals surface area (Å²) in [6.07, 6.45) is -1.53. The van der Waals surface area contributed by atoms with E-state index in [1.807, 2.05) is 0 Å². The van der Waals surface area contributed by atoms with Gasteiger partial charge in [0.2, 0.25) is 35.7 Å². The fourth-order valence-electron chi connectivity index (χ4n) is 6.00. The molecular formula is C36H52N12O16S4. The first-order valence-electron chi connectivity index (χ1n) is 20.0. The largest absolute Gasteiger partial charge is 0.392 e. The van der Waals surface area contributed by atoms with Gasteiger partial charge in [0.25, 0.3) is 40.5 Å². The van der Waals surface area contributed by atoms with Gasteiger partial charge < -0.3 is 51.5 Å². The van der Waals surface area contributed by atoms with Crippen LogP contribution in [0.5, 0.6) is 0 Å². The summed E-state index contributed by atoms with van der Waals surface area (Å²) >= 11 is 0. The van der Waals surface area contributed by atoms with Crippen LogP contribution in [0.3, 0.4) is 0 Å². The Morgan fingerprint density at radius 1 is 0.500 bits per heavy atom. The highest BCUT2D eigenvalue weighted by molar-refractivity contribution is 7.86. The smallest absolute Gasteiger partial charge is 0.295 e. The summed E-state index contributed by atoms with van der Waals surface area (Å²) in [6, 6.07) is 7.02. The second-order valence-corrected chi connectivity index (χ2v) is 21.2. The maximum Gasteiger partial charge on any atom is 0.295 e. The molecule has 12 N–H and O–H groups in total. The Morgan fingerprint density at radius 2 is 0.809 bits per heavy atom. The van der Waals surface area contributed by atoms with Crippen molar-refractivity contribution in [2.24, 2.45) is 0 Å². The second kappa shape index (κ2) is 23.2. The first-order valence-corrected chi connectivity index (χ1v) is 26.1. The Hall–Kier alpha value is -5.52. The van der Waals surface area contributed by atoms with E-state index in [9.17, 15) is 63.2 Å². The number of nitrogens with zero attached hydrogens (tertiary/aromatic N) is 8. The lowest BCUT2D eigenvalue weighted by Crippen LogP contribution is -2.37. The Balaban J connectivity index is 1.72. The minimum Gasteiger partial charge on any atom is -0.392 e. The maximum atomic E-state index is 12.7. The molecule has 2 aromatic heterocycles. The van der Waals surface area contributed by atoms with Crippen LogP contribution in [0.15, 0.2) is 46.2 Å². The maximum absolute atomic E-state index is 12.7. The fraction of sp³-hybridized carbons (Fsp3) is 0.444. The van der Waals surface area contributed by atoms with E-state index < -0.39 is 86.2 Å². The SMILES string of the molecule is CC(O)CN(CC(C)O)c1nc(NCCS(=O)(=O)O)nc(Nc2ccc(/C=C/c3ccc(Nc4nc(NCCS(=O)(=O)O)nc(N(CC(C)O)CC(C)O)n4)cc3S(=O)(=O)O)c(S(=O)(=O)O)c2)n1. The normalized spacial score (nSPS) is 14.2. The van der Waals surface area contributed by atoms with Crippen LogP contribution < -0.4 is 31.1 Å². The van der Waals surface area contributed by atoms with E-state index >= 15 is 0 Å². The second-order valence-electron chi connectivity index (χ2n) is 15.2. The number of hydrogen-bond donors (Lipinski definition) is 12. The van der Waals surface area contributed by atoms with E-state index in [0.29, 0.717) is 0 Å². The molecule has 0 bridgehead atoms. The first-order chi connectivity index (χ1) is 31.4.